The van der Waals surface area contributed by atoms with Crippen molar-refractivity contribution in [3.8, 4) is 0 Å². The Morgan fingerprint density at radius 2 is 1.94 bits per heavy atom. The summed E-state index contributed by atoms with van der Waals surface area (Å²) in [5.41, 5.74) is 6.16. The van der Waals surface area contributed by atoms with E-state index in [0.29, 0.717) is 11.2 Å². The quantitative estimate of drug-likeness (QED) is 0.822. The molecular weight excluding hydrogens is 296 g/mol. The number of hydrogen-bond donors (Lipinski definition) is 1. The highest BCUT2D eigenvalue weighted by molar-refractivity contribution is 6.65. The molecule has 2 aromatic heterocycles. The normalized spacial score (nSPS) is 10.8. The molecule has 2 heterocycles. The Balaban J connectivity index is 2.79. The van der Waals surface area contributed by atoms with Gasteiger partial charge in [0.2, 0.25) is 5.95 Å². The predicted octanol–water partition coefficient (Wildman–Crippen LogP) is 2.86. The summed E-state index contributed by atoms with van der Waals surface area (Å²) in [6.07, 6.45) is 1.37. The molecule has 16 heavy (non-hydrogen) atoms. The molecular formula is C7H3Cl4N5. The van der Waals surface area contributed by atoms with Crippen LogP contribution in [0, 0.1) is 0 Å². The number of nitrogens with zero attached hydrogens (tertiary/aromatic N) is 4. The summed E-state index contributed by atoms with van der Waals surface area (Å²) in [5, 5.41) is 0.191. The Hall–Kier alpha value is -0.750. The van der Waals surface area contributed by atoms with Crippen LogP contribution in [0.15, 0.2) is 10.8 Å². The van der Waals surface area contributed by atoms with Gasteiger partial charge in [0.05, 0.1) is 0 Å². The number of imidazole rings is 1. The average molecular weight is 299 g/mol. The molecule has 2 aromatic rings. The van der Waals surface area contributed by atoms with E-state index < -0.39 is 0 Å². The van der Waals surface area contributed by atoms with Crippen molar-refractivity contribution >= 4 is 68.7 Å². The first-order valence-electron chi connectivity index (χ1n) is 3.88. The topological polar surface area (TPSA) is 69.6 Å². The SMILES string of the molecule is Nc1nc(Cl)c2ncn(C(Cl)=C(Cl)Cl)c2n1. The molecule has 0 aliphatic rings. The van der Waals surface area contributed by atoms with Crippen molar-refractivity contribution in [3.05, 3.63) is 16.0 Å². The van der Waals surface area contributed by atoms with Crippen molar-refractivity contribution in [2.24, 2.45) is 0 Å². The van der Waals surface area contributed by atoms with Crippen LogP contribution in [0.5, 0.6) is 0 Å². The van der Waals surface area contributed by atoms with Crippen molar-refractivity contribution in [1.82, 2.24) is 19.5 Å². The van der Waals surface area contributed by atoms with E-state index in [4.69, 9.17) is 52.1 Å². The molecule has 0 atom stereocenters. The summed E-state index contributed by atoms with van der Waals surface area (Å²) in [4.78, 5) is 11.7. The molecule has 0 aliphatic carbocycles. The number of fused-ring (bicyclic) bond motifs is 1. The van der Waals surface area contributed by atoms with Gasteiger partial charge in [-0.05, 0) is 0 Å². The monoisotopic (exact) mass is 297 g/mol. The van der Waals surface area contributed by atoms with Gasteiger partial charge in [-0.1, -0.05) is 46.4 Å². The van der Waals surface area contributed by atoms with Gasteiger partial charge in [-0.15, -0.1) is 0 Å². The summed E-state index contributed by atoms with van der Waals surface area (Å²) >= 11 is 22.8. The zero-order valence-corrected chi connectivity index (χ0v) is 10.5. The van der Waals surface area contributed by atoms with Gasteiger partial charge in [0.25, 0.3) is 0 Å². The number of halogens is 4. The predicted molar refractivity (Wildman–Crippen MR) is 65.5 cm³/mol. The van der Waals surface area contributed by atoms with Crippen molar-refractivity contribution in [3.63, 3.8) is 0 Å². The lowest BCUT2D eigenvalue weighted by Crippen LogP contribution is -1.99. The number of rotatable bonds is 1. The van der Waals surface area contributed by atoms with Crippen LogP contribution in [0.4, 0.5) is 5.95 Å². The lowest BCUT2D eigenvalue weighted by molar-refractivity contribution is 1.12. The highest BCUT2D eigenvalue weighted by Crippen LogP contribution is 2.27. The van der Waals surface area contributed by atoms with Gasteiger partial charge >= 0.3 is 0 Å². The van der Waals surface area contributed by atoms with Crippen LogP contribution in [0.2, 0.25) is 5.15 Å². The molecule has 0 aliphatic heterocycles. The molecule has 0 radical (unpaired) electrons. The lowest BCUT2D eigenvalue weighted by Gasteiger charge is -2.01. The van der Waals surface area contributed by atoms with Gasteiger partial charge in [-0.3, -0.25) is 4.57 Å². The minimum Gasteiger partial charge on any atom is -0.368 e. The molecule has 0 unspecified atom stereocenters. The maximum Gasteiger partial charge on any atom is 0.223 e. The van der Waals surface area contributed by atoms with Crippen LogP contribution in [-0.2, 0) is 0 Å². The van der Waals surface area contributed by atoms with Crippen LogP contribution >= 0.6 is 46.4 Å². The fraction of sp³-hybridized carbons (Fsp3) is 0. The standard InChI is InChI=1S/C7H3Cl4N5/c8-3(9)5(11)16-1-13-2-4(10)14-7(12)15-6(2)16/h1H,(H2,12,14,15). The summed E-state index contributed by atoms with van der Waals surface area (Å²) in [6.45, 7) is 0. The van der Waals surface area contributed by atoms with Crippen molar-refractivity contribution < 1.29 is 0 Å². The fourth-order valence-corrected chi connectivity index (χ4v) is 1.64. The maximum absolute atomic E-state index is 5.86. The number of anilines is 1. The Morgan fingerprint density at radius 1 is 1.25 bits per heavy atom. The summed E-state index contributed by atoms with van der Waals surface area (Å²) in [5.74, 6) is 0.00871. The molecule has 2 rings (SSSR count). The lowest BCUT2D eigenvalue weighted by atomic mass is 10.5. The van der Waals surface area contributed by atoms with Gasteiger partial charge in [0, 0.05) is 0 Å². The van der Waals surface area contributed by atoms with Crippen LogP contribution in [0.25, 0.3) is 16.3 Å². The second-order valence-electron chi connectivity index (χ2n) is 2.71. The van der Waals surface area contributed by atoms with E-state index in [9.17, 15) is 0 Å². The summed E-state index contributed by atoms with van der Waals surface area (Å²) < 4.78 is 1.24. The van der Waals surface area contributed by atoms with E-state index in [1.54, 1.807) is 0 Å². The van der Waals surface area contributed by atoms with E-state index in [1.165, 1.54) is 10.9 Å². The molecule has 0 saturated carbocycles. The van der Waals surface area contributed by atoms with E-state index in [-0.39, 0.29) is 20.7 Å². The third-order valence-corrected chi connectivity index (χ3v) is 2.92. The van der Waals surface area contributed by atoms with E-state index in [1.807, 2.05) is 0 Å². The first-order valence-corrected chi connectivity index (χ1v) is 5.39. The van der Waals surface area contributed by atoms with E-state index in [2.05, 4.69) is 15.0 Å². The second-order valence-corrected chi connectivity index (χ2v) is 4.38. The molecule has 0 aromatic carbocycles. The number of nitrogen functional groups attached to an aromatic ring is 1. The first kappa shape index (κ1) is 11.7. The second kappa shape index (κ2) is 4.25. The van der Waals surface area contributed by atoms with Gasteiger partial charge in [-0.2, -0.15) is 9.97 Å². The summed E-state index contributed by atoms with van der Waals surface area (Å²) in [6, 6.07) is 0. The van der Waals surface area contributed by atoms with Crippen LogP contribution in [0.3, 0.4) is 0 Å². The largest absolute Gasteiger partial charge is 0.368 e. The van der Waals surface area contributed by atoms with Gasteiger partial charge in [0.1, 0.15) is 21.5 Å². The zero-order valence-electron chi connectivity index (χ0n) is 7.46. The molecule has 5 nitrogen and oxygen atoms in total. The molecule has 0 saturated heterocycles. The Morgan fingerprint density at radius 3 is 2.56 bits per heavy atom. The molecule has 2 N–H and O–H groups in total. The van der Waals surface area contributed by atoms with Gasteiger partial charge in [0.15, 0.2) is 10.8 Å². The van der Waals surface area contributed by atoms with Gasteiger partial charge in [-0.25, -0.2) is 4.98 Å². The Bertz CT molecular complexity index is 586. The summed E-state index contributed by atoms with van der Waals surface area (Å²) in [7, 11) is 0. The highest BCUT2D eigenvalue weighted by atomic mass is 35.5. The fourth-order valence-electron chi connectivity index (χ4n) is 1.12. The van der Waals surface area contributed by atoms with Crippen LogP contribution in [0.1, 0.15) is 0 Å². The van der Waals surface area contributed by atoms with E-state index >= 15 is 0 Å². The first-order chi connectivity index (χ1) is 7.50. The molecule has 0 amide bonds. The Labute approximate surface area is 110 Å². The third kappa shape index (κ3) is 1.91. The third-order valence-electron chi connectivity index (χ3n) is 1.74. The number of hydrogen-bond acceptors (Lipinski definition) is 4. The van der Waals surface area contributed by atoms with E-state index in [0.717, 1.165) is 0 Å². The minimum atomic E-state index is -0.116. The molecule has 0 spiro atoms. The average Bonchev–Trinajstić information content (AvgIpc) is 2.60. The van der Waals surface area contributed by atoms with Crippen molar-refractivity contribution in [2.45, 2.75) is 0 Å². The number of nitrogens with two attached hydrogens (primary N) is 1. The molecule has 0 bridgehead atoms. The zero-order chi connectivity index (χ0) is 11.9. The minimum absolute atomic E-state index is 0.00871. The number of aromatic nitrogens is 4. The smallest absolute Gasteiger partial charge is 0.223 e. The van der Waals surface area contributed by atoms with Crippen molar-refractivity contribution in [1.29, 1.82) is 0 Å². The van der Waals surface area contributed by atoms with Crippen LogP contribution in [-0.4, -0.2) is 19.5 Å². The maximum atomic E-state index is 5.86. The molecule has 84 valence electrons. The van der Waals surface area contributed by atoms with Crippen LogP contribution < -0.4 is 5.73 Å². The molecule has 0 fully saturated rings. The highest BCUT2D eigenvalue weighted by Gasteiger charge is 2.13. The Kier molecular flexibility index (Phi) is 3.12. The van der Waals surface area contributed by atoms with Crippen molar-refractivity contribution in [2.75, 3.05) is 5.73 Å². The van der Waals surface area contributed by atoms with Gasteiger partial charge < -0.3 is 5.73 Å². The molecule has 9 heteroatoms.